The SMILES string of the molecule is CCC1CN(Cc2ccc(CNC3CC3)cc2)CCS1. The minimum absolute atomic E-state index is 0.798. The summed E-state index contributed by atoms with van der Waals surface area (Å²) in [5.74, 6) is 1.29. The van der Waals surface area contributed by atoms with Crippen LogP contribution < -0.4 is 5.32 Å². The molecule has 0 radical (unpaired) electrons. The fourth-order valence-corrected chi connectivity index (χ4v) is 3.99. The standard InChI is InChI=1S/C17H26N2S/c1-2-17-13-19(9-10-20-17)12-15-5-3-14(4-6-15)11-18-16-7-8-16/h3-6,16-18H,2,7-13H2,1H3. The van der Waals surface area contributed by atoms with Crippen molar-refractivity contribution >= 4 is 11.8 Å². The lowest BCUT2D eigenvalue weighted by molar-refractivity contribution is 0.273. The highest BCUT2D eigenvalue weighted by Gasteiger charge is 2.20. The maximum Gasteiger partial charge on any atom is 0.0234 e. The van der Waals surface area contributed by atoms with Gasteiger partial charge in [-0.2, -0.15) is 11.8 Å². The van der Waals surface area contributed by atoms with Crippen molar-refractivity contribution in [3.63, 3.8) is 0 Å². The Hall–Kier alpha value is -0.510. The van der Waals surface area contributed by atoms with Crippen LogP contribution in [0.1, 0.15) is 37.3 Å². The minimum atomic E-state index is 0.798. The smallest absolute Gasteiger partial charge is 0.0234 e. The Labute approximate surface area is 127 Å². The van der Waals surface area contributed by atoms with Crippen LogP contribution >= 0.6 is 11.8 Å². The van der Waals surface area contributed by atoms with Crippen LogP contribution in [0.15, 0.2) is 24.3 Å². The Balaban J connectivity index is 1.49. The second kappa shape index (κ2) is 6.97. The summed E-state index contributed by atoms with van der Waals surface area (Å²) >= 11 is 2.15. The first kappa shape index (κ1) is 14.4. The average Bonchev–Trinajstić information content (AvgIpc) is 3.31. The Morgan fingerprint density at radius 2 is 1.95 bits per heavy atom. The van der Waals surface area contributed by atoms with E-state index in [4.69, 9.17) is 0 Å². The highest BCUT2D eigenvalue weighted by molar-refractivity contribution is 8.00. The summed E-state index contributed by atoms with van der Waals surface area (Å²) in [7, 11) is 0. The molecule has 0 amide bonds. The van der Waals surface area contributed by atoms with Crippen molar-refractivity contribution in [2.24, 2.45) is 0 Å². The molecule has 0 aromatic heterocycles. The van der Waals surface area contributed by atoms with Gasteiger partial charge in [-0.1, -0.05) is 31.2 Å². The van der Waals surface area contributed by atoms with Crippen molar-refractivity contribution in [1.29, 1.82) is 0 Å². The number of thioether (sulfide) groups is 1. The molecule has 3 heteroatoms. The summed E-state index contributed by atoms with van der Waals surface area (Å²) in [6.07, 6.45) is 4.03. The first-order chi connectivity index (χ1) is 9.83. The topological polar surface area (TPSA) is 15.3 Å². The number of hydrogen-bond acceptors (Lipinski definition) is 3. The van der Waals surface area contributed by atoms with Gasteiger partial charge >= 0.3 is 0 Å². The third kappa shape index (κ3) is 4.24. The lowest BCUT2D eigenvalue weighted by atomic mass is 10.1. The van der Waals surface area contributed by atoms with Gasteiger partial charge in [0.05, 0.1) is 0 Å². The molecule has 2 aliphatic rings. The van der Waals surface area contributed by atoms with Gasteiger partial charge in [-0.15, -0.1) is 0 Å². The van der Waals surface area contributed by atoms with Crippen molar-refractivity contribution in [3.05, 3.63) is 35.4 Å². The largest absolute Gasteiger partial charge is 0.310 e. The van der Waals surface area contributed by atoms with Crippen LogP contribution in [0.2, 0.25) is 0 Å². The van der Waals surface area contributed by atoms with Crippen LogP contribution in [0, 0.1) is 0 Å². The van der Waals surface area contributed by atoms with Crippen LogP contribution in [0.3, 0.4) is 0 Å². The molecular formula is C17H26N2S. The van der Waals surface area contributed by atoms with E-state index in [2.05, 4.69) is 53.2 Å². The van der Waals surface area contributed by atoms with Crippen LogP contribution in [0.5, 0.6) is 0 Å². The van der Waals surface area contributed by atoms with E-state index in [1.807, 2.05) is 0 Å². The van der Waals surface area contributed by atoms with Crippen molar-refractivity contribution in [3.8, 4) is 0 Å². The predicted octanol–water partition coefficient (Wildman–Crippen LogP) is 3.27. The van der Waals surface area contributed by atoms with Crippen LogP contribution in [-0.4, -0.2) is 35.0 Å². The quantitative estimate of drug-likeness (QED) is 0.865. The second-order valence-corrected chi connectivity index (χ2v) is 7.52. The highest BCUT2D eigenvalue weighted by Crippen LogP contribution is 2.22. The van der Waals surface area contributed by atoms with E-state index in [9.17, 15) is 0 Å². The predicted molar refractivity (Wildman–Crippen MR) is 88.1 cm³/mol. The molecule has 2 nitrogen and oxygen atoms in total. The molecule has 1 aromatic rings. The van der Waals surface area contributed by atoms with Gasteiger partial charge in [0, 0.05) is 43.2 Å². The van der Waals surface area contributed by atoms with E-state index in [0.717, 1.165) is 24.4 Å². The lowest BCUT2D eigenvalue weighted by Crippen LogP contribution is -2.37. The zero-order valence-corrected chi connectivity index (χ0v) is 13.3. The van der Waals surface area contributed by atoms with Gasteiger partial charge in [0.1, 0.15) is 0 Å². The summed E-state index contributed by atoms with van der Waals surface area (Å²) in [5.41, 5.74) is 2.88. The molecule has 0 bridgehead atoms. The normalized spacial score (nSPS) is 23.9. The van der Waals surface area contributed by atoms with E-state index in [1.54, 1.807) is 0 Å². The molecule has 1 saturated carbocycles. The van der Waals surface area contributed by atoms with Crippen molar-refractivity contribution < 1.29 is 0 Å². The summed E-state index contributed by atoms with van der Waals surface area (Å²) in [4.78, 5) is 2.61. The van der Waals surface area contributed by atoms with Crippen LogP contribution in [0.4, 0.5) is 0 Å². The molecule has 1 aliphatic carbocycles. The Kier molecular flexibility index (Phi) is 5.03. The molecule has 20 heavy (non-hydrogen) atoms. The van der Waals surface area contributed by atoms with Crippen LogP contribution in [-0.2, 0) is 13.1 Å². The fraction of sp³-hybridized carbons (Fsp3) is 0.647. The summed E-state index contributed by atoms with van der Waals surface area (Å²) in [6, 6.07) is 10.0. The van der Waals surface area contributed by atoms with Crippen molar-refractivity contribution in [2.45, 2.75) is 50.6 Å². The second-order valence-electron chi connectivity index (χ2n) is 6.11. The molecule has 1 unspecified atom stereocenters. The molecule has 0 spiro atoms. The van der Waals surface area contributed by atoms with Gasteiger partial charge in [-0.3, -0.25) is 4.90 Å². The zero-order chi connectivity index (χ0) is 13.8. The van der Waals surface area contributed by atoms with E-state index in [0.29, 0.717) is 0 Å². The van der Waals surface area contributed by atoms with E-state index in [1.165, 1.54) is 49.2 Å². The molecule has 1 aliphatic heterocycles. The number of benzene rings is 1. The van der Waals surface area contributed by atoms with Gasteiger partial charge in [-0.25, -0.2) is 0 Å². The van der Waals surface area contributed by atoms with Crippen molar-refractivity contribution in [2.75, 3.05) is 18.8 Å². The summed E-state index contributed by atoms with van der Waals surface area (Å²) in [5, 5.41) is 4.41. The number of nitrogens with zero attached hydrogens (tertiary/aromatic N) is 1. The molecule has 1 atom stereocenters. The fourth-order valence-electron chi connectivity index (χ4n) is 2.74. The van der Waals surface area contributed by atoms with E-state index < -0.39 is 0 Å². The molecule has 1 aromatic carbocycles. The maximum absolute atomic E-state index is 3.57. The molecule has 1 N–H and O–H groups in total. The first-order valence-corrected chi connectivity index (χ1v) is 9.03. The number of rotatable bonds is 6. The number of hydrogen-bond donors (Lipinski definition) is 1. The molecule has 110 valence electrons. The molecule has 1 saturated heterocycles. The molecular weight excluding hydrogens is 264 g/mol. The highest BCUT2D eigenvalue weighted by atomic mass is 32.2. The Morgan fingerprint density at radius 1 is 1.20 bits per heavy atom. The van der Waals surface area contributed by atoms with Gasteiger partial charge in [0.2, 0.25) is 0 Å². The molecule has 2 fully saturated rings. The Morgan fingerprint density at radius 3 is 2.65 bits per heavy atom. The maximum atomic E-state index is 3.57. The van der Waals surface area contributed by atoms with Gasteiger partial charge in [0.25, 0.3) is 0 Å². The summed E-state index contributed by atoms with van der Waals surface area (Å²) < 4.78 is 0. The van der Waals surface area contributed by atoms with Gasteiger partial charge in [0.15, 0.2) is 0 Å². The third-order valence-corrected chi connectivity index (χ3v) is 5.65. The minimum Gasteiger partial charge on any atom is -0.310 e. The zero-order valence-electron chi connectivity index (χ0n) is 12.5. The third-order valence-electron chi connectivity index (χ3n) is 4.28. The van der Waals surface area contributed by atoms with Crippen molar-refractivity contribution in [1.82, 2.24) is 10.2 Å². The lowest BCUT2D eigenvalue weighted by Gasteiger charge is -2.31. The molecule has 3 rings (SSSR count). The van der Waals surface area contributed by atoms with E-state index >= 15 is 0 Å². The summed E-state index contributed by atoms with van der Waals surface area (Å²) in [6.45, 7) is 6.96. The monoisotopic (exact) mass is 290 g/mol. The average molecular weight is 290 g/mol. The van der Waals surface area contributed by atoms with E-state index in [-0.39, 0.29) is 0 Å². The van der Waals surface area contributed by atoms with Gasteiger partial charge in [-0.05, 0) is 30.4 Å². The Bertz CT molecular complexity index is 414. The van der Waals surface area contributed by atoms with Crippen LogP contribution in [0.25, 0.3) is 0 Å². The first-order valence-electron chi connectivity index (χ1n) is 7.98. The number of nitrogens with one attached hydrogen (secondary N) is 1. The molecule has 1 heterocycles. The van der Waals surface area contributed by atoms with Gasteiger partial charge < -0.3 is 5.32 Å².